The summed E-state index contributed by atoms with van der Waals surface area (Å²) in [4.78, 5) is 36.0. The topological polar surface area (TPSA) is 87.7 Å². The second-order valence-electron chi connectivity index (χ2n) is 5.21. The fraction of sp³-hybridized carbons (Fsp3) is 0.769. The van der Waals surface area contributed by atoms with Crippen LogP contribution in [0.4, 0.5) is 0 Å². The molecule has 2 rings (SSSR count). The van der Waals surface area contributed by atoms with E-state index in [1.54, 1.807) is 0 Å². The first-order chi connectivity index (χ1) is 9.58. The van der Waals surface area contributed by atoms with Crippen molar-refractivity contribution in [3.05, 3.63) is 0 Å². The highest BCUT2D eigenvalue weighted by atomic mass is 16.5. The molecule has 0 aromatic heterocycles. The van der Waals surface area contributed by atoms with Gasteiger partial charge in [-0.1, -0.05) is 0 Å². The molecule has 7 nitrogen and oxygen atoms in total. The third kappa shape index (κ3) is 3.77. The average molecular weight is 283 g/mol. The minimum Gasteiger partial charge on any atom is -0.368 e. The number of likely N-dealkylation sites (tertiary alicyclic amines) is 1. The van der Waals surface area contributed by atoms with E-state index in [9.17, 15) is 14.4 Å². The summed E-state index contributed by atoms with van der Waals surface area (Å²) < 4.78 is 5.53. The Morgan fingerprint density at radius 2 is 2.05 bits per heavy atom. The normalized spacial score (nSPS) is 24.9. The molecule has 1 atom stereocenters. The van der Waals surface area contributed by atoms with E-state index in [0.717, 1.165) is 30.8 Å². The Morgan fingerprint density at radius 3 is 2.75 bits per heavy atom. The molecule has 0 aromatic rings. The highest BCUT2D eigenvalue weighted by Crippen LogP contribution is 2.11. The summed E-state index contributed by atoms with van der Waals surface area (Å²) in [5.41, 5.74) is 0. The van der Waals surface area contributed by atoms with Crippen LogP contribution in [0.2, 0.25) is 0 Å². The molecular weight excluding hydrogens is 262 g/mol. The standard InChI is InChI=1S/C13H21N3O4/c1-16-12(18)3-2-10(13(16)19)15-11(17)8-20-9-4-6-14-7-5-9/h9-10,14H,2-8H2,1H3,(H,15,17). The number of amides is 3. The third-order valence-corrected chi connectivity index (χ3v) is 3.72. The van der Waals surface area contributed by atoms with Crippen molar-refractivity contribution >= 4 is 17.7 Å². The van der Waals surface area contributed by atoms with Crippen LogP contribution in [0.15, 0.2) is 0 Å². The number of hydrogen-bond donors (Lipinski definition) is 2. The van der Waals surface area contributed by atoms with E-state index >= 15 is 0 Å². The van der Waals surface area contributed by atoms with Gasteiger partial charge in [-0.05, 0) is 32.4 Å². The maximum Gasteiger partial charge on any atom is 0.251 e. The Labute approximate surface area is 118 Å². The zero-order valence-corrected chi connectivity index (χ0v) is 11.7. The van der Waals surface area contributed by atoms with Crippen molar-refractivity contribution in [2.75, 3.05) is 26.7 Å². The average Bonchev–Trinajstić information content (AvgIpc) is 2.47. The number of piperidine rings is 2. The van der Waals surface area contributed by atoms with E-state index in [-0.39, 0.29) is 36.9 Å². The lowest BCUT2D eigenvalue weighted by Gasteiger charge is -2.28. The van der Waals surface area contributed by atoms with E-state index < -0.39 is 6.04 Å². The second-order valence-corrected chi connectivity index (χ2v) is 5.21. The van der Waals surface area contributed by atoms with Gasteiger partial charge in [0.05, 0.1) is 6.10 Å². The molecular formula is C13H21N3O4. The van der Waals surface area contributed by atoms with Crippen molar-refractivity contribution in [3.63, 3.8) is 0 Å². The number of ether oxygens (including phenoxy) is 1. The first kappa shape index (κ1) is 14.9. The maximum atomic E-state index is 11.8. The molecule has 7 heteroatoms. The summed E-state index contributed by atoms with van der Waals surface area (Å²) in [5, 5.41) is 5.86. The van der Waals surface area contributed by atoms with Crippen molar-refractivity contribution in [1.29, 1.82) is 0 Å². The molecule has 0 bridgehead atoms. The van der Waals surface area contributed by atoms with E-state index in [4.69, 9.17) is 4.74 Å². The number of nitrogens with zero attached hydrogens (tertiary/aromatic N) is 1. The van der Waals surface area contributed by atoms with Gasteiger partial charge in [-0.3, -0.25) is 19.3 Å². The summed E-state index contributed by atoms with van der Waals surface area (Å²) >= 11 is 0. The van der Waals surface area contributed by atoms with E-state index in [1.807, 2.05) is 0 Å². The lowest BCUT2D eigenvalue weighted by molar-refractivity contribution is -0.150. The van der Waals surface area contributed by atoms with Crippen LogP contribution in [0, 0.1) is 0 Å². The zero-order chi connectivity index (χ0) is 14.5. The molecule has 20 heavy (non-hydrogen) atoms. The summed E-state index contributed by atoms with van der Waals surface area (Å²) in [6.45, 7) is 1.77. The smallest absolute Gasteiger partial charge is 0.251 e. The quantitative estimate of drug-likeness (QED) is 0.647. The van der Waals surface area contributed by atoms with Crippen molar-refractivity contribution < 1.29 is 19.1 Å². The van der Waals surface area contributed by atoms with Gasteiger partial charge in [0, 0.05) is 13.5 Å². The van der Waals surface area contributed by atoms with Crippen molar-refractivity contribution in [2.45, 2.75) is 37.8 Å². The molecule has 0 saturated carbocycles. The van der Waals surface area contributed by atoms with Gasteiger partial charge in [0.25, 0.3) is 5.91 Å². The Hall–Kier alpha value is -1.47. The maximum absolute atomic E-state index is 11.8. The van der Waals surface area contributed by atoms with Gasteiger partial charge in [-0.25, -0.2) is 0 Å². The van der Waals surface area contributed by atoms with Crippen LogP contribution in [0.25, 0.3) is 0 Å². The fourth-order valence-corrected chi connectivity index (χ4v) is 2.44. The number of likely N-dealkylation sites (N-methyl/N-ethyl adjacent to an activating group) is 1. The molecule has 2 aliphatic rings. The highest BCUT2D eigenvalue weighted by Gasteiger charge is 2.32. The van der Waals surface area contributed by atoms with Gasteiger partial charge in [-0.2, -0.15) is 0 Å². The minimum atomic E-state index is -0.609. The van der Waals surface area contributed by atoms with E-state index in [0.29, 0.717) is 6.42 Å². The van der Waals surface area contributed by atoms with Crippen molar-refractivity contribution in [3.8, 4) is 0 Å². The van der Waals surface area contributed by atoms with Crippen LogP contribution in [0.1, 0.15) is 25.7 Å². The molecule has 112 valence electrons. The molecule has 2 N–H and O–H groups in total. The lowest BCUT2D eigenvalue weighted by Crippen LogP contribution is -2.53. The van der Waals surface area contributed by atoms with Crippen LogP contribution in [-0.4, -0.2) is 61.5 Å². The molecule has 0 spiro atoms. The third-order valence-electron chi connectivity index (χ3n) is 3.72. The van der Waals surface area contributed by atoms with E-state index in [2.05, 4.69) is 10.6 Å². The Bertz CT molecular complexity index is 393. The summed E-state index contributed by atoms with van der Waals surface area (Å²) in [6, 6.07) is -0.609. The predicted molar refractivity (Wildman–Crippen MR) is 70.8 cm³/mol. The summed E-state index contributed by atoms with van der Waals surface area (Å²) in [6.07, 6.45) is 2.54. The van der Waals surface area contributed by atoms with E-state index in [1.165, 1.54) is 7.05 Å². The second kappa shape index (κ2) is 6.81. The van der Waals surface area contributed by atoms with Crippen molar-refractivity contribution in [1.82, 2.24) is 15.5 Å². The molecule has 3 amide bonds. The van der Waals surface area contributed by atoms with Crippen LogP contribution in [0.3, 0.4) is 0 Å². The molecule has 2 aliphatic heterocycles. The molecule has 2 heterocycles. The number of imide groups is 1. The Balaban J connectivity index is 1.73. The first-order valence-corrected chi connectivity index (χ1v) is 7.00. The molecule has 0 aliphatic carbocycles. The first-order valence-electron chi connectivity index (χ1n) is 7.00. The number of carbonyl (C=O) groups excluding carboxylic acids is 3. The minimum absolute atomic E-state index is 0.0356. The van der Waals surface area contributed by atoms with Crippen molar-refractivity contribution in [2.24, 2.45) is 0 Å². The van der Waals surface area contributed by atoms with Gasteiger partial charge in [0.2, 0.25) is 11.8 Å². The SMILES string of the molecule is CN1C(=O)CCC(NC(=O)COC2CCNCC2)C1=O. The predicted octanol–water partition coefficient (Wildman–Crippen LogP) is -0.981. The van der Waals surface area contributed by atoms with Gasteiger partial charge < -0.3 is 15.4 Å². The Morgan fingerprint density at radius 1 is 1.35 bits per heavy atom. The largest absolute Gasteiger partial charge is 0.368 e. The van der Waals surface area contributed by atoms with Crippen LogP contribution >= 0.6 is 0 Å². The fourth-order valence-electron chi connectivity index (χ4n) is 2.44. The summed E-state index contributed by atoms with van der Waals surface area (Å²) in [7, 11) is 1.44. The molecule has 2 fully saturated rings. The molecule has 0 radical (unpaired) electrons. The van der Waals surface area contributed by atoms with Crippen LogP contribution < -0.4 is 10.6 Å². The Kier molecular flexibility index (Phi) is 5.08. The van der Waals surface area contributed by atoms with Gasteiger partial charge in [-0.15, -0.1) is 0 Å². The highest BCUT2D eigenvalue weighted by molar-refractivity contribution is 6.01. The number of nitrogens with one attached hydrogen (secondary N) is 2. The number of rotatable bonds is 4. The lowest BCUT2D eigenvalue weighted by atomic mass is 10.0. The van der Waals surface area contributed by atoms with Gasteiger partial charge in [0.1, 0.15) is 12.6 Å². The van der Waals surface area contributed by atoms with Crippen LogP contribution in [0.5, 0.6) is 0 Å². The molecule has 1 unspecified atom stereocenters. The zero-order valence-electron chi connectivity index (χ0n) is 11.7. The van der Waals surface area contributed by atoms with Gasteiger partial charge >= 0.3 is 0 Å². The monoisotopic (exact) mass is 283 g/mol. The number of hydrogen-bond acceptors (Lipinski definition) is 5. The van der Waals surface area contributed by atoms with Gasteiger partial charge in [0.15, 0.2) is 0 Å². The molecule has 2 saturated heterocycles. The van der Waals surface area contributed by atoms with Crippen LogP contribution in [-0.2, 0) is 19.1 Å². The molecule has 0 aromatic carbocycles. The number of carbonyl (C=O) groups is 3. The summed E-state index contributed by atoms with van der Waals surface area (Å²) in [5.74, 6) is -0.854.